The second kappa shape index (κ2) is 8.59. The molecule has 0 radical (unpaired) electrons. The van der Waals surface area contributed by atoms with Crippen LogP contribution in [0.5, 0.6) is 5.75 Å². The largest absolute Gasteiger partial charge is 0.493 e. The van der Waals surface area contributed by atoms with Gasteiger partial charge >= 0.3 is 0 Å². The molecule has 186 valence electrons. The lowest BCUT2D eigenvalue weighted by Crippen LogP contribution is -2.27. The molecule has 1 atom stereocenters. The maximum absolute atomic E-state index is 15.7. The van der Waals surface area contributed by atoms with E-state index in [4.69, 9.17) is 9.47 Å². The van der Waals surface area contributed by atoms with Crippen molar-refractivity contribution >= 4 is 27.5 Å². The molecule has 0 fully saturated rings. The van der Waals surface area contributed by atoms with E-state index in [-0.39, 0.29) is 27.7 Å². The Bertz CT molecular complexity index is 1550. The summed E-state index contributed by atoms with van der Waals surface area (Å²) in [4.78, 5) is 17.5. The van der Waals surface area contributed by atoms with Gasteiger partial charge in [-0.15, -0.1) is 0 Å². The Morgan fingerprint density at radius 1 is 1.11 bits per heavy atom. The summed E-state index contributed by atoms with van der Waals surface area (Å²) < 4.78 is 57.4. The summed E-state index contributed by atoms with van der Waals surface area (Å²) in [5, 5.41) is 0.450. The van der Waals surface area contributed by atoms with E-state index >= 15 is 8.78 Å². The molecule has 0 bridgehead atoms. The maximum atomic E-state index is 15.7. The molecule has 0 aliphatic carbocycles. The number of carbonyl (C=O) groups excluding carboxylic acids is 1. The topological polar surface area (TPSA) is 48.4 Å². The standard InChI is InChI=1S/C29H26F3NO3/c1-14-22(28(15(2)34)36-29(3,4)5)24(19-12-17(30)13-20(31)25(19)26(14)32)18-6-7-21-23-16(9-11-35-21)8-10-33-27(18)23/h6-8,10,12-13,28H,9,11H2,1-5H3/t28-/m1/s1. The normalized spacial score (nSPS) is 14.2. The summed E-state index contributed by atoms with van der Waals surface area (Å²) in [6, 6.07) is 7.19. The van der Waals surface area contributed by atoms with Crippen molar-refractivity contribution in [3.63, 3.8) is 0 Å². The first kappa shape index (κ1) is 24.3. The van der Waals surface area contributed by atoms with Crippen molar-refractivity contribution in [1.29, 1.82) is 0 Å². The van der Waals surface area contributed by atoms with Crippen molar-refractivity contribution in [3.8, 4) is 16.9 Å². The number of nitrogens with zero attached hydrogens (tertiary/aromatic N) is 1. The summed E-state index contributed by atoms with van der Waals surface area (Å²) >= 11 is 0. The Hall–Kier alpha value is -3.45. The van der Waals surface area contributed by atoms with Crippen LogP contribution in [0.25, 0.3) is 32.8 Å². The van der Waals surface area contributed by atoms with Crippen molar-refractivity contribution < 1.29 is 27.4 Å². The molecule has 36 heavy (non-hydrogen) atoms. The van der Waals surface area contributed by atoms with Gasteiger partial charge < -0.3 is 9.47 Å². The molecule has 1 aliphatic rings. The Morgan fingerprint density at radius 3 is 2.56 bits per heavy atom. The van der Waals surface area contributed by atoms with Gasteiger partial charge in [0.15, 0.2) is 5.78 Å². The third-order valence-electron chi connectivity index (χ3n) is 6.49. The first-order chi connectivity index (χ1) is 17.0. The minimum absolute atomic E-state index is 0.00795. The minimum atomic E-state index is -1.17. The fraction of sp³-hybridized carbons (Fsp3) is 0.310. The van der Waals surface area contributed by atoms with Crippen molar-refractivity contribution in [1.82, 2.24) is 4.98 Å². The molecular formula is C29H26F3NO3. The molecule has 1 aliphatic heterocycles. The zero-order valence-electron chi connectivity index (χ0n) is 20.8. The molecular weight excluding hydrogens is 467 g/mol. The Morgan fingerprint density at radius 2 is 1.86 bits per heavy atom. The number of rotatable bonds is 4. The molecule has 0 unspecified atom stereocenters. The monoisotopic (exact) mass is 493 g/mol. The van der Waals surface area contributed by atoms with Gasteiger partial charge in [0, 0.05) is 35.2 Å². The van der Waals surface area contributed by atoms with Crippen LogP contribution in [0.1, 0.15) is 50.5 Å². The van der Waals surface area contributed by atoms with Crippen LogP contribution >= 0.6 is 0 Å². The number of benzene rings is 3. The number of pyridine rings is 1. The number of halogens is 3. The highest BCUT2D eigenvalue weighted by Crippen LogP contribution is 2.46. The number of ketones is 1. The van der Waals surface area contributed by atoms with E-state index in [1.807, 2.05) is 6.07 Å². The third-order valence-corrected chi connectivity index (χ3v) is 6.49. The highest BCUT2D eigenvalue weighted by molar-refractivity contribution is 6.09. The fourth-order valence-electron chi connectivity index (χ4n) is 5.05. The van der Waals surface area contributed by atoms with Gasteiger partial charge in [-0.25, -0.2) is 13.2 Å². The van der Waals surface area contributed by atoms with Crippen LogP contribution in [0.2, 0.25) is 0 Å². The van der Waals surface area contributed by atoms with Crippen molar-refractivity contribution in [2.24, 2.45) is 0 Å². The zero-order valence-corrected chi connectivity index (χ0v) is 20.8. The van der Waals surface area contributed by atoms with E-state index in [1.54, 1.807) is 39.1 Å². The van der Waals surface area contributed by atoms with Gasteiger partial charge in [-0.3, -0.25) is 9.78 Å². The van der Waals surface area contributed by atoms with Crippen molar-refractivity contribution in [2.75, 3.05) is 6.61 Å². The van der Waals surface area contributed by atoms with Crippen LogP contribution in [0.15, 0.2) is 36.5 Å². The lowest BCUT2D eigenvalue weighted by Gasteiger charge is -2.30. The molecule has 5 rings (SSSR count). The molecule has 3 aromatic carbocycles. The summed E-state index contributed by atoms with van der Waals surface area (Å²) in [5.41, 5.74) is 1.92. The Labute approximate surface area is 207 Å². The first-order valence-electron chi connectivity index (χ1n) is 11.8. The van der Waals surface area contributed by atoms with Gasteiger partial charge in [0.2, 0.25) is 0 Å². The van der Waals surface area contributed by atoms with Crippen molar-refractivity contribution in [2.45, 2.75) is 52.7 Å². The molecule has 2 heterocycles. The molecule has 0 saturated carbocycles. The number of ether oxygens (including phenoxy) is 2. The van der Waals surface area contributed by atoms with Crippen LogP contribution in [0.4, 0.5) is 13.2 Å². The van der Waals surface area contributed by atoms with Crippen LogP contribution in [-0.2, 0) is 16.0 Å². The maximum Gasteiger partial charge on any atom is 0.163 e. The van der Waals surface area contributed by atoms with Gasteiger partial charge in [0.05, 0.1) is 23.1 Å². The Kier molecular flexibility index (Phi) is 5.79. The van der Waals surface area contributed by atoms with Crippen molar-refractivity contribution in [3.05, 3.63) is 70.7 Å². The highest BCUT2D eigenvalue weighted by atomic mass is 19.1. The molecule has 4 nitrogen and oxygen atoms in total. The fourth-order valence-corrected chi connectivity index (χ4v) is 5.05. The highest BCUT2D eigenvalue weighted by Gasteiger charge is 2.33. The number of fused-ring (bicyclic) bond motifs is 1. The molecule has 1 aromatic heterocycles. The van der Waals surface area contributed by atoms with Gasteiger partial charge in [0.25, 0.3) is 0 Å². The number of hydrogen-bond donors (Lipinski definition) is 0. The van der Waals surface area contributed by atoms with E-state index in [0.29, 0.717) is 41.5 Å². The van der Waals surface area contributed by atoms with E-state index in [1.165, 1.54) is 13.8 Å². The SMILES string of the molecule is CC(=O)[C@@H](OC(C)(C)C)c1c(C)c(F)c2c(F)cc(F)cc2c1-c1ccc2c3c(ccnc13)CCO2. The summed E-state index contributed by atoms with van der Waals surface area (Å²) in [7, 11) is 0. The van der Waals surface area contributed by atoms with Crippen LogP contribution in [0.3, 0.4) is 0 Å². The average molecular weight is 494 g/mol. The predicted molar refractivity (Wildman–Crippen MR) is 133 cm³/mol. The molecule has 7 heteroatoms. The van der Waals surface area contributed by atoms with E-state index in [0.717, 1.165) is 17.0 Å². The van der Waals surface area contributed by atoms with Gasteiger partial charge in [0.1, 0.15) is 29.3 Å². The second-order valence-corrected chi connectivity index (χ2v) is 10.2. The number of Topliss-reactive ketones (excluding diaryl/α,β-unsaturated/α-hetero) is 1. The molecule has 0 amide bonds. The average Bonchev–Trinajstić information content (AvgIpc) is 2.80. The first-order valence-corrected chi connectivity index (χ1v) is 11.8. The molecule has 0 spiro atoms. The lowest BCUT2D eigenvalue weighted by atomic mass is 9.84. The third kappa shape index (κ3) is 3.91. The number of hydrogen-bond acceptors (Lipinski definition) is 4. The summed E-state index contributed by atoms with van der Waals surface area (Å²) in [6.45, 7) is 8.73. The van der Waals surface area contributed by atoms with Gasteiger partial charge in [-0.1, -0.05) is 0 Å². The minimum Gasteiger partial charge on any atom is -0.493 e. The summed E-state index contributed by atoms with van der Waals surface area (Å²) in [5.74, 6) is -2.44. The van der Waals surface area contributed by atoms with E-state index in [2.05, 4.69) is 4.98 Å². The molecule has 4 aromatic rings. The summed E-state index contributed by atoms with van der Waals surface area (Å²) in [6.07, 6.45) is 1.18. The molecule has 0 N–H and O–H groups in total. The number of carbonyl (C=O) groups is 1. The second-order valence-electron chi connectivity index (χ2n) is 10.2. The smallest absolute Gasteiger partial charge is 0.163 e. The van der Waals surface area contributed by atoms with Crippen LogP contribution < -0.4 is 4.74 Å². The molecule has 0 saturated heterocycles. The number of aromatic nitrogens is 1. The van der Waals surface area contributed by atoms with E-state index < -0.39 is 29.2 Å². The quantitative estimate of drug-likeness (QED) is 0.303. The predicted octanol–water partition coefficient (Wildman–Crippen LogP) is 7.16. The van der Waals surface area contributed by atoms with Gasteiger partial charge in [-0.05, 0) is 81.0 Å². The van der Waals surface area contributed by atoms with Crippen LogP contribution in [-0.4, -0.2) is 23.0 Å². The van der Waals surface area contributed by atoms with E-state index in [9.17, 15) is 9.18 Å². The Balaban J connectivity index is 1.99. The van der Waals surface area contributed by atoms with Crippen LogP contribution in [0, 0.1) is 24.4 Å². The zero-order chi connectivity index (χ0) is 25.9. The lowest BCUT2D eigenvalue weighted by molar-refractivity contribution is -0.138. The van der Waals surface area contributed by atoms with Gasteiger partial charge in [-0.2, -0.15) is 0 Å².